The standard InChI is InChI=1S/C13H21N3/c1-10-5-7-16(8-6-10)11(2)12-3-4-13(14)15-9-12/h3-4,9-11H,5-8H2,1-2H3,(H2,14,15). The number of likely N-dealkylation sites (tertiary alicyclic amines) is 1. The Kier molecular flexibility index (Phi) is 3.44. The van der Waals surface area contributed by atoms with Crippen LogP contribution in [0.4, 0.5) is 5.82 Å². The second-order valence-electron chi connectivity index (χ2n) is 4.91. The number of anilines is 1. The third-order valence-electron chi connectivity index (χ3n) is 3.66. The van der Waals surface area contributed by atoms with E-state index in [1.165, 1.54) is 31.5 Å². The Morgan fingerprint density at radius 2 is 2.06 bits per heavy atom. The molecular formula is C13H21N3. The molecule has 2 N–H and O–H groups in total. The first-order chi connectivity index (χ1) is 7.66. The van der Waals surface area contributed by atoms with E-state index in [9.17, 15) is 0 Å². The highest BCUT2D eigenvalue weighted by atomic mass is 15.2. The van der Waals surface area contributed by atoms with Crippen molar-refractivity contribution < 1.29 is 0 Å². The van der Waals surface area contributed by atoms with Crippen molar-refractivity contribution in [1.29, 1.82) is 0 Å². The van der Waals surface area contributed by atoms with E-state index < -0.39 is 0 Å². The van der Waals surface area contributed by atoms with Crippen LogP contribution in [0.2, 0.25) is 0 Å². The van der Waals surface area contributed by atoms with E-state index in [2.05, 4.69) is 29.8 Å². The van der Waals surface area contributed by atoms with E-state index in [4.69, 9.17) is 5.73 Å². The minimum absolute atomic E-state index is 0.459. The molecule has 1 aromatic rings. The van der Waals surface area contributed by atoms with Gasteiger partial charge in [-0.1, -0.05) is 13.0 Å². The van der Waals surface area contributed by atoms with Crippen LogP contribution in [0.3, 0.4) is 0 Å². The van der Waals surface area contributed by atoms with Crippen molar-refractivity contribution in [2.45, 2.75) is 32.7 Å². The molecule has 0 amide bonds. The molecule has 2 rings (SSSR count). The number of hydrogen-bond donors (Lipinski definition) is 1. The van der Waals surface area contributed by atoms with Gasteiger partial charge in [0.15, 0.2) is 0 Å². The van der Waals surface area contributed by atoms with Crippen molar-refractivity contribution in [3.8, 4) is 0 Å². The first-order valence-electron chi connectivity index (χ1n) is 6.12. The lowest BCUT2D eigenvalue weighted by Crippen LogP contribution is -2.35. The molecule has 1 aliphatic rings. The van der Waals surface area contributed by atoms with Crippen molar-refractivity contribution in [1.82, 2.24) is 9.88 Å². The third kappa shape index (κ3) is 2.53. The van der Waals surface area contributed by atoms with Crippen LogP contribution >= 0.6 is 0 Å². The summed E-state index contributed by atoms with van der Waals surface area (Å²) in [6, 6.07) is 4.43. The second kappa shape index (κ2) is 4.83. The summed E-state index contributed by atoms with van der Waals surface area (Å²) in [4.78, 5) is 6.70. The summed E-state index contributed by atoms with van der Waals surface area (Å²) in [5.41, 5.74) is 6.87. The normalized spacial score (nSPS) is 20.9. The molecule has 0 spiro atoms. The van der Waals surface area contributed by atoms with E-state index in [-0.39, 0.29) is 0 Å². The highest BCUT2D eigenvalue weighted by Gasteiger charge is 2.21. The van der Waals surface area contributed by atoms with Gasteiger partial charge >= 0.3 is 0 Å². The van der Waals surface area contributed by atoms with Crippen LogP contribution in [0.15, 0.2) is 18.3 Å². The van der Waals surface area contributed by atoms with Crippen LogP contribution in [0.5, 0.6) is 0 Å². The van der Waals surface area contributed by atoms with Gasteiger partial charge in [-0.25, -0.2) is 4.98 Å². The maximum absolute atomic E-state index is 5.60. The number of aromatic nitrogens is 1. The van der Waals surface area contributed by atoms with E-state index in [1.807, 2.05) is 12.3 Å². The fourth-order valence-corrected chi connectivity index (χ4v) is 2.29. The number of nitrogen functional groups attached to an aromatic ring is 1. The third-order valence-corrected chi connectivity index (χ3v) is 3.66. The van der Waals surface area contributed by atoms with E-state index in [1.54, 1.807) is 0 Å². The zero-order chi connectivity index (χ0) is 11.5. The van der Waals surface area contributed by atoms with Crippen molar-refractivity contribution in [3.05, 3.63) is 23.9 Å². The quantitative estimate of drug-likeness (QED) is 0.830. The first-order valence-corrected chi connectivity index (χ1v) is 6.12. The Morgan fingerprint density at radius 3 is 2.62 bits per heavy atom. The number of pyridine rings is 1. The Morgan fingerprint density at radius 1 is 1.38 bits per heavy atom. The molecule has 1 fully saturated rings. The summed E-state index contributed by atoms with van der Waals surface area (Å²) >= 11 is 0. The lowest BCUT2D eigenvalue weighted by Gasteiger charge is -2.35. The monoisotopic (exact) mass is 219 g/mol. The summed E-state index contributed by atoms with van der Waals surface area (Å²) < 4.78 is 0. The van der Waals surface area contributed by atoms with Crippen LogP contribution in [0.1, 0.15) is 38.3 Å². The SMILES string of the molecule is CC1CCN(C(C)c2ccc(N)nc2)CC1. The van der Waals surface area contributed by atoms with Gasteiger partial charge in [0.25, 0.3) is 0 Å². The molecule has 0 radical (unpaired) electrons. The molecule has 16 heavy (non-hydrogen) atoms. The first kappa shape index (κ1) is 11.4. The van der Waals surface area contributed by atoms with Crippen LogP contribution in [-0.2, 0) is 0 Å². The maximum atomic E-state index is 5.60. The number of rotatable bonds is 2. The summed E-state index contributed by atoms with van der Waals surface area (Å²) in [7, 11) is 0. The van der Waals surface area contributed by atoms with Gasteiger partial charge in [0.05, 0.1) is 0 Å². The molecule has 1 unspecified atom stereocenters. The smallest absolute Gasteiger partial charge is 0.123 e. The van der Waals surface area contributed by atoms with E-state index in [0.29, 0.717) is 11.9 Å². The molecule has 1 atom stereocenters. The van der Waals surface area contributed by atoms with Crippen molar-refractivity contribution >= 4 is 5.82 Å². The van der Waals surface area contributed by atoms with Gasteiger partial charge in [0.2, 0.25) is 0 Å². The Hall–Kier alpha value is -1.09. The molecule has 0 aromatic carbocycles. The van der Waals surface area contributed by atoms with Crippen LogP contribution in [-0.4, -0.2) is 23.0 Å². The highest BCUT2D eigenvalue weighted by Crippen LogP contribution is 2.25. The van der Waals surface area contributed by atoms with Crippen molar-refractivity contribution in [3.63, 3.8) is 0 Å². The van der Waals surface area contributed by atoms with Gasteiger partial charge in [0.1, 0.15) is 5.82 Å². The van der Waals surface area contributed by atoms with Crippen LogP contribution in [0.25, 0.3) is 0 Å². The van der Waals surface area contributed by atoms with Crippen molar-refractivity contribution in [2.24, 2.45) is 5.92 Å². The van der Waals surface area contributed by atoms with Crippen LogP contribution < -0.4 is 5.73 Å². The van der Waals surface area contributed by atoms with E-state index in [0.717, 1.165) is 5.92 Å². The van der Waals surface area contributed by atoms with Gasteiger partial charge in [0, 0.05) is 12.2 Å². The molecule has 0 bridgehead atoms. The van der Waals surface area contributed by atoms with Crippen LogP contribution in [0, 0.1) is 5.92 Å². The molecule has 1 aliphatic heterocycles. The fraction of sp³-hybridized carbons (Fsp3) is 0.615. The number of nitrogens with zero attached hydrogens (tertiary/aromatic N) is 2. The number of hydrogen-bond acceptors (Lipinski definition) is 3. The minimum atomic E-state index is 0.459. The zero-order valence-electron chi connectivity index (χ0n) is 10.2. The number of piperidine rings is 1. The molecule has 1 saturated heterocycles. The number of nitrogens with two attached hydrogens (primary N) is 1. The van der Waals surface area contributed by atoms with Gasteiger partial charge in [-0.3, -0.25) is 4.90 Å². The zero-order valence-corrected chi connectivity index (χ0v) is 10.2. The Balaban J connectivity index is 2.01. The summed E-state index contributed by atoms with van der Waals surface area (Å²) in [5.74, 6) is 1.48. The largest absolute Gasteiger partial charge is 0.384 e. The molecule has 88 valence electrons. The molecular weight excluding hydrogens is 198 g/mol. The Labute approximate surface area is 97.7 Å². The minimum Gasteiger partial charge on any atom is -0.384 e. The fourth-order valence-electron chi connectivity index (χ4n) is 2.29. The summed E-state index contributed by atoms with van der Waals surface area (Å²) in [6.45, 7) is 7.00. The highest BCUT2D eigenvalue weighted by molar-refractivity contribution is 5.30. The molecule has 0 aliphatic carbocycles. The van der Waals surface area contributed by atoms with Gasteiger partial charge in [-0.2, -0.15) is 0 Å². The molecule has 0 saturated carbocycles. The van der Waals surface area contributed by atoms with Crippen molar-refractivity contribution in [2.75, 3.05) is 18.8 Å². The average Bonchev–Trinajstić information content (AvgIpc) is 2.30. The molecule has 3 heteroatoms. The molecule has 2 heterocycles. The second-order valence-corrected chi connectivity index (χ2v) is 4.91. The predicted octanol–water partition coefficient (Wildman–Crippen LogP) is 2.46. The lowest BCUT2D eigenvalue weighted by atomic mass is 9.97. The Bertz CT molecular complexity index is 326. The van der Waals surface area contributed by atoms with Gasteiger partial charge in [-0.05, 0) is 50.4 Å². The van der Waals surface area contributed by atoms with E-state index >= 15 is 0 Å². The predicted molar refractivity (Wildman–Crippen MR) is 67.0 cm³/mol. The topological polar surface area (TPSA) is 42.1 Å². The molecule has 3 nitrogen and oxygen atoms in total. The lowest BCUT2D eigenvalue weighted by molar-refractivity contribution is 0.147. The van der Waals surface area contributed by atoms with Gasteiger partial charge < -0.3 is 5.73 Å². The molecule has 1 aromatic heterocycles. The average molecular weight is 219 g/mol. The summed E-state index contributed by atoms with van der Waals surface area (Å²) in [5, 5.41) is 0. The van der Waals surface area contributed by atoms with Gasteiger partial charge in [-0.15, -0.1) is 0 Å². The summed E-state index contributed by atoms with van der Waals surface area (Å²) in [6.07, 6.45) is 4.53. The maximum Gasteiger partial charge on any atom is 0.123 e.